The van der Waals surface area contributed by atoms with E-state index >= 15 is 0 Å². The molecule has 2 rings (SSSR count). The number of aliphatic hydroxyl groups is 1. The molecule has 0 heterocycles. The van der Waals surface area contributed by atoms with Gasteiger partial charge in [-0.3, -0.25) is 4.79 Å². The summed E-state index contributed by atoms with van der Waals surface area (Å²) >= 11 is 0. The van der Waals surface area contributed by atoms with Crippen molar-refractivity contribution in [3.8, 4) is 0 Å². The van der Waals surface area contributed by atoms with Crippen molar-refractivity contribution < 1.29 is 9.90 Å². The number of nitrogens with one attached hydrogen (secondary N) is 1. The van der Waals surface area contributed by atoms with E-state index in [1.807, 2.05) is 54.6 Å². The average molecular weight is 284 g/mol. The molecule has 0 bridgehead atoms. The Morgan fingerprint density at radius 2 is 1.67 bits per heavy atom. The summed E-state index contributed by atoms with van der Waals surface area (Å²) in [7, 11) is 0. The van der Waals surface area contributed by atoms with Crippen LogP contribution in [-0.2, 0) is 23.5 Å². The SMILES string of the molecule is CC(N)(C(=O)NCc1ccc(CO)cc1)c1ccccc1. The van der Waals surface area contributed by atoms with Crippen molar-refractivity contribution in [1.82, 2.24) is 5.32 Å². The minimum Gasteiger partial charge on any atom is -0.392 e. The number of benzene rings is 2. The van der Waals surface area contributed by atoms with E-state index in [0.717, 1.165) is 16.7 Å². The molecule has 0 aliphatic carbocycles. The molecule has 1 unspecified atom stereocenters. The number of aliphatic hydroxyl groups excluding tert-OH is 1. The first kappa shape index (κ1) is 15.2. The van der Waals surface area contributed by atoms with E-state index < -0.39 is 5.54 Å². The Labute approximate surface area is 124 Å². The van der Waals surface area contributed by atoms with Crippen LogP contribution in [0.4, 0.5) is 0 Å². The molecule has 4 heteroatoms. The Balaban J connectivity index is 2.00. The molecule has 1 amide bonds. The Bertz CT molecular complexity index is 592. The predicted molar refractivity (Wildman–Crippen MR) is 82.2 cm³/mol. The second-order valence-electron chi connectivity index (χ2n) is 5.23. The van der Waals surface area contributed by atoms with Gasteiger partial charge in [-0.1, -0.05) is 54.6 Å². The van der Waals surface area contributed by atoms with Crippen molar-refractivity contribution in [3.63, 3.8) is 0 Å². The highest BCUT2D eigenvalue weighted by atomic mass is 16.3. The second-order valence-corrected chi connectivity index (χ2v) is 5.23. The fraction of sp³-hybridized carbons (Fsp3) is 0.235. The third-order valence-electron chi connectivity index (χ3n) is 3.50. The quantitative estimate of drug-likeness (QED) is 0.782. The Kier molecular flexibility index (Phi) is 4.73. The number of hydrogen-bond donors (Lipinski definition) is 3. The van der Waals surface area contributed by atoms with Crippen molar-refractivity contribution in [2.75, 3.05) is 0 Å². The summed E-state index contributed by atoms with van der Waals surface area (Å²) in [5.41, 5.74) is 7.67. The third kappa shape index (κ3) is 3.68. The first-order valence-corrected chi connectivity index (χ1v) is 6.85. The van der Waals surface area contributed by atoms with Crippen LogP contribution in [0.5, 0.6) is 0 Å². The molecule has 4 N–H and O–H groups in total. The van der Waals surface area contributed by atoms with Crippen LogP contribution in [0.15, 0.2) is 54.6 Å². The highest BCUT2D eigenvalue weighted by Crippen LogP contribution is 2.17. The van der Waals surface area contributed by atoms with Crippen LogP contribution in [0.25, 0.3) is 0 Å². The predicted octanol–water partition coefficient (Wildman–Crippen LogP) is 1.67. The average Bonchev–Trinajstić information content (AvgIpc) is 2.53. The van der Waals surface area contributed by atoms with Gasteiger partial charge >= 0.3 is 0 Å². The second kappa shape index (κ2) is 6.52. The first-order chi connectivity index (χ1) is 10.0. The lowest BCUT2D eigenvalue weighted by Crippen LogP contribution is -2.48. The van der Waals surface area contributed by atoms with Gasteiger partial charge < -0.3 is 16.2 Å². The van der Waals surface area contributed by atoms with Crippen LogP contribution in [0.1, 0.15) is 23.6 Å². The van der Waals surface area contributed by atoms with Crippen molar-refractivity contribution in [2.24, 2.45) is 5.73 Å². The van der Waals surface area contributed by atoms with E-state index in [2.05, 4.69) is 5.32 Å². The zero-order valence-electron chi connectivity index (χ0n) is 12.0. The largest absolute Gasteiger partial charge is 0.392 e. The fourth-order valence-corrected chi connectivity index (χ4v) is 2.04. The molecule has 0 saturated heterocycles. The number of amides is 1. The van der Waals surface area contributed by atoms with Gasteiger partial charge in [0, 0.05) is 6.54 Å². The molecule has 0 aliphatic heterocycles. The van der Waals surface area contributed by atoms with E-state index in [-0.39, 0.29) is 12.5 Å². The first-order valence-electron chi connectivity index (χ1n) is 6.85. The Morgan fingerprint density at radius 1 is 1.10 bits per heavy atom. The minimum atomic E-state index is -1.06. The summed E-state index contributed by atoms with van der Waals surface area (Å²) < 4.78 is 0. The third-order valence-corrected chi connectivity index (χ3v) is 3.50. The van der Waals surface area contributed by atoms with Crippen LogP contribution in [0.3, 0.4) is 0 Å². The molecule has 2 aromatic rings. The van der Waals surface area contributed by atoms with Crippen LogP contribution >= 0.6 is 0 Å². The van der Waals surface area contributed by atoms with Gasteiger partial charge in [0.15, 0.2) is 0 Å². The Morgan fingerprint density at radius 3 is 2.24 bits per heavy atom. The Hall–Kier alpha value is -2.17. The smallest absolute Gasteiger partial charge is 0.244 e. The molecule has 2 aromatic carbocycles. The fourth-order valence-electron chi connectivity index (χ4n) is 2.04. The monoisotopic (exact) mass is 284 g/mol. The molecule has 0 saturated carbocycles. The normalized spacial score (nSPS) is 13.5. The molecule has 0 aliphatic rings. The van der Waals surface area contributed by atoms with E-state index in [1.54, 1.807) is 6.92 Å². The highest BCUT2D eigenvalue weighted by Gasteiger charge is 2.29. The molecule has 1 atom stereocenters. The van der Waals surface area contributed by atoms with E-state index in [4.69, 9.17) is 10.8 Å². The van der Waals surface area contributed by atoms with Gasteiger partial charge in [-0.25, -0.2) is 0 Å². The maximum atomic E-state index is 12.3. The van der Waals surface area contributed by atoms with Crippen LogP contribution in [0.2, 0.25) is 0 Å². The van der Waals surface area contributed by atoms with Crippen LogP contribution < -0.4 is 11.1 Å². The summed E-state index contributed by atoms with van der Waals surface area (Å²) in [4.78, 5) is 12.3. The maximum absolute atomic E-state index is 12.3. The van der Waals surface area contributed by atoms with Gasteiger partial charge in [-0.2, -0.15) is 0 Å². The molecule has 0 aromatic heterocycles. The van der Waals surface area contributed by atoms with Crippen LogP contribution in [0, 0.1) is 0 Å². The molecule has 4 nitrogen and oxygen atoms in total. The molecular weight excluding hydrogens is 264 g/mol. The molecule has 0 radical (unpaired) electrons. The molecule has 110 valence electrons. The van der Waals surface area contributed by atoms with Crippen molar-refractivity contribution >= 4 is 5.91 Å². The standard InChI is InChI=1S/C17H20N2O2/c1-17(18,15-5-3-2-4-6-15)16(21)19-11-13-7-9-14(12-20)10-8-13/h2-10,20H,11-12,18H2,1H3,(H,19,21). The van der Waals surface area contributed by atoms with Gasteiger partial charge in [-0.15, -0.1) is 0 Å². The van der Waals surface area contributed by atoms with E-state index in [1.165, 1.54) is 0 Å². The van der Waals surface area contributed by atoms with Gasteiger partial charge in [0.05, 0.1) is 6.61 Å². The zero-order valence-corrected chi connectivity index (χ0v) is 12.0. The van der Waals surface area contributed by atoms with Gasteiger partial charge in [0.25, 0.3) is 0 Å². The number of nitrogens with two attached hydrogens (primary N) is 1. The number of carbonyl (C=O) groups excluding carboxylic acids is 1. The van der Waals surface area contributed by atoms with Crippen LogP contribution in [-0.4, -0.2) is 11.0 Å². The molecule has 21 heavy (non-hydrogen) atoms. The van der Waals surface area contributed by atoms with E-state index in [0.29, 0.717) is 6.54 Å². The van der Waals surface area contributed by atoms with Gasteiger partial charge in [-0.05, 0) is 23.6 Å². The molecule has 0 spiro atoms. The maximum Gasteiger partial charge on any atom is 0.244 e. The van der Waals surface area contributed by atoms with Gasteiger partial charge in [0.1, 0.15) is 5.54 Å². The summed E-state index contributed by atoms with van der Waals surface area (Å²) in [6.07, 6.45) is 0. The molecular formula is C17H20N2O2. The van der Waals surface area contributed by atoms with Crippen molar-refractivity contribution in [1.29, 1.82) is 0 Å². The number of rotatable bonds is 5. The molecule has 0 fully saturated rings. The number of carbonyl (C=O) groups is 1. The zero-order chi connectivity index (χ0) is 15.3. The summed E-state index contributed by atoms with van der Waals surface area (Å²) in [5, 5.41) is 11.8. The summed E-state index contributed by atoms with van der Waals surface area (Å²) in [5.74, 6) is -0.222. The minimum absolute atomic E-state index is 0.0154. The van der Waals surface area contributed by atoms with E-state index in [9.17, 15) is 4.79 Å². The lowest BCUT2D eigenvalue weighted by Gasteiger charge is -2.24. The van der Waals surface area contributed by atoms with Crippen molar-refractivity contribution in [2.45, 2.75) is 25.6 Å². The lowest BCUT2D eigenvalue weighted by atomic mass is 9.92. The van der Waals surface area contributed by atoms with Crippen molar-refractivity contribution in [3.05, 3.63) is 71.3 Å². The summed E-state index contributed by atoms with van der Waals surface area (Å²) in [6.45, 7) is 2.12. The summed E-state index contributed by atoms with van der Waals surface area (Å²) in [6, 6.07) is 16.7. The van der Waals surface area contributed by atoms with Gasteiger partial charge in [0.2, 0.25) is 5.91 Å². The highest BCUT2D eigenvalue weighted by molar-refractivity contribution is 5.86. The lowest BCUT2D eigenvalue weighted by molar-refractivity contribution is -0.126. The number of hydrogen-bond acceptors (Lipinski definition) is 3. The topological polar surface area (TPSA) is 75.4 Å².